The molecule has 0 amide bonds. The van der Waals surface area contributed by atoms with Crippen molar-refractivity contribution in [2.75, 3.05) is 0 Å². The average molecular weight is 361 g/mol. The molecule has 3 rings (SSSR count). The number of ether oxygens (including phenoxy) is 1. The largest absolute Gasteiger partial charge is 0.449 e. The van der Waals surface area contributed by atoms with Crippen LogP contribution in [0.15, 0.2) is 46.9 Å². The van der Waals surface area contributed by atoms with Crippen molar-refractivity contribution >= 4 is 17.6 Å². The molecule has 128 valence electrons. The normalized spacial score (nSPS) is 12.0. The molecule has 0 bridgehead atoms. The molecular formula is C18H14ClFN2O3. The first-order valence-electron chi connectivity index (χ1n) is 7.51. The second kappa shape index (κ2) is 7.03. The van der Waals surface area contributed by atoms with Crippen molar-refractivity contribution in [1.29, 1.82) is 0 Å². The number of carbonyl (C=O) groups excluding carboxylic acids is 1. The van der Waals surface area contributed by atoms with E-state index < -0.39 is 17.9 Å². The highest BCUT2D eigenvalue weighted by molar-refractivity contribution is 6.33. The van der Waals surface area contributed by atoms with Crippen LogP contribution >= 0.6 is 11.6 Å². The van der Waals surface area contributed by atoms with Gasteiger partial charge in [-0.2, -0.15) is 0 Å². The first-order valence-corrected chi connectivity index (χ1v) is 7.89. The zero-order valence-corrected chi connectivity index (χ0v) is 14.2. The summed E-state index contributed by atoms with van der Waals surface area (Å²) < 4.78 is 24.5. The summed E-state index contributed by atoms with van der Waals surface area (Å²) in [6.07, 6.45) is -0.852. The van der Waals surface area contributed by atoms with Crippen LogP contribution in [0.1, 0.15) is 34.8 Å². The van der Waals surface area contributed by atoms with Gasteiger partial charge in [0.25, 0.3) is 5.89 Å². The smallest absolute Gasteiger partial charge is 0.343 e. The van der Waals surface area contributed by atoms with Crippen LogP contribution in [0.4, 0.5) is 4.39 Å². The number of hydrogen-bond donors (Lipinski definition) is 0. The first-order chi connectivity index (χ1) is 12.0. The topological polar surface area (TPSA) is 65.2 Å². The fourth-order valence-electron chi connectivity index (χ4n) is 2.17. The van der Waals surface area contributed by atoms with Crippen molar-refractivity contribution in [3.8, 4) is 11.5 Å². The van der Waals surface area contributed by atoms with Crippen molar-refractivity contribution < 1.29 is 18.3 Å². The molecule has 0 aliphatic rings. The molecule has 25 heavy (non-hydrogen) atoms. The van der Waals surface area contributed by atoms with Crippen molar-refractivity contribution in [3.05, 3.63) is 70.3 Å². The van der Waals surface area contributed by atoms with E-state index in [-0.39, 0.29) is 16.5 Å². The van der Waals surface area contributed by atoms with Crippen molar-refractivity contribution in [3.63, 3.8) is 0 Å². The van der Waals surface area contributed by atoms with Crippen LogP contribution in [0.3, 0.4) is 0 Å². The van der Waals surface area contributed by atoms with Gasteiger partial charge in [-0.15, -0.1) is 10.2 Å². The van der Waals surface area contributed by atoms with E-state index in [1.165, 1.54) is 12.1 Å². The lowest BCUT2D eigenvalue weighted by Gasteiger charge is -2.10. The van der Waals surface area contributed by atoms with Crippen LogP contribution in [-0.4, -0.2) is 16.2 Å². The summed E-state index contributed by atoms with van der Waals surface area (Å²) in [7, 11) is 0. The Kier molecular flexibility index (Phi) is 4.81. The molecule has 3 aromatic rings. The van der Waals surface area contributed by atoms with Gasteiger partial charge in [-0.3, -0.25) is 0 Å². The Morgan fingerprint density at radius 1 is 1.20 bits per heavy atom. The van der Waals surface area contributed by atoms with Gasteiger partial charge in [0.15, 0.2) is 6.10 Å². The molecule has 0 aliphatic carbocycles. The quantitative estimate of drug-likeness (QED) is 0.628. The molecule has 0 spiro atoms. The zero-order valence-electron chi connectivity index (χ0n) is 13.5. The number of benzene rings is 2. The molecule has 5 nitrogen and oxygen atoms in total. The maximum atomic E-state index is 13.8. The number of aromatic nitrogens is 2. The number of halogens is 2. The van der Waals surface area contributed by atoms with Gasteiger partial charge in [-0.25, -0.2) is 9.18 Å². The van der Waals surface area contributed by atoms with Gasteiger partial charge in [-0.05, 0) is 38.1 Å². The van der Waals surface area contributed by atoms with Crippen LogP contribution in [0.25, 0.3) is 11.5 Å². The monoisotopic (exact) mass is 360 g/mol. The molecule has 0 unspecified atom stereocenters. The van der Waals surface area contributed by atoms with Gasteiger partial charge in [0.2, 0.25) is 5.89 Å². The fourth-order valence-corrected chi connectivity index (χ4v) is 2.41. The maximum absolute atomic E-state index is 13.8. The Labute approximate surface area is 148 Å². The highest BCUT2D eigenvalue weighted by atomic mass is 35.5. The molecule has 1 aromatic heterocycles. The summed E-state index contributed by atoms with van der Waals surface area (Å²) in [5.74, 6) is -1.24. The molecule has 1 atom stereocenters. The van der Waals surface area contributed by atoms with Crippen molar-refractivity contribution in [2.45, 2.75) is 20.0 Å². The second-order valence-corrected chi connectivity index (χ2v) is 5.86. The number of carbonyl (C=O) groups is 1. The minimum absolute atomic E-state index is 0.0249. The third kappa shape index (κ3) is 3.69. The summed E-state index contributed by atoms with van der Waals surface area (Å²) >= 11 is 5.86. The van der Waals surface area contributed by atoms with E-state index in [1.807, 2.05) is 31.2 Å². The molecule has 1 heterocycles. The summed E-state index contributed by atoms with van der Waals surface area (Å²) in [6.45, 7) is 3.53. The molecule has 0 fully saturated rings. The molecule has 0 saturated carbocycles. The molecule has 7 heteroatoms. The average Bonchev–Trinajstić information content (AvgIpc) is 3.05. The first kappa shape index (κ1) is 17.1. The van der Waals surface area contributed by atoms with E-state index in [2.05, 4.69) is 10.2 Å². The van der Waals surface area contributed by atoms with E-state index >= 15 is 0 Å². The minimum Gasteiger partial charge on any atom is -0.449 e. The van der Waals surface area contributed by atoms with E-state index in [1.54, 1.807) is 6.92 Å². The van der Waals surface area contributed by atoms with E-state index in [4.69, 9.17) is 20.8 Å². The Bertz CT molecular complexity index is 889. The van der Waals surface area contributed by atoms with Crippen molar-refractivity contribution in [1.82, 2.24) is 10.2 Å². The van der Waals surface area contributed by atoms with E-state index in [0.29, 0.717) is 5.89 Å². The highest BCUT2D eigenvalue weighted by Gasteiger charge is 2.23. The SMILES string of the molecule is Cc1ccc(-c2nnc([C@H](C)OC(=O)c3c(F)cccc3Cl)o2)cc1. The predicted octanol–water partition coefficient (Wildman–Crippen LogP) is 4.76. The van der Waals surface area contributed by atoms with Crippen LogP contribution in [0.5, 0.6) is 0 Å². The summed E-state index contributed by atoms with van der Waals surface area (Å²) in [5.41, 5.74) is 1.53. The van der Waals surface area contributed by atoms with Gasteiger partial charge in [0.1, 0.15) is 11.4 Å². The Morgan fingerprint density at radius 2 is 1.92 bits per heavy atom. The van der Waals surface area contributed by atoms with Gasteiger partial charge in [0.05, 0.1) is 5.02 Å². The number of esters is 1. The highest BCUT2D eigenvalue weighted by Crippen LogP contribution is 2.25. The molecule has 0 saturated heterocycles. The third-order valence-electron chi connectivity index (χ3n) is 3.54. The van der Waals surface area contributed by atoms with Crippen LogP contribution in [-0.2, 0) is 4.74 Å². The van der Waals surface area contributed by atoms with Gasteiger partial charge >= 0.3 is 5.97 Å². The lowest BCUT2D eigenvalue weighted by molar-refractivity contribution is 0.0275. The lowest BCUT2D eigenvalue weighted by Crippen LogP contribution is -2.12. The number of aryl methyl sites for hydroxylation is 1. The third-order valence-corrected chi connectivity index (χ3v) is 3.85. The zero-order chi connectivity index (χ0) is 18.0. The van der Waals surface area contributed by atoms with E-state index in [0.717, 1.165) is 17.2 Å². The Balaban J connectivity index is 1.77. The molecule has 0 N–H and O–H groups in total. The number of rotatable bonds is 4. The van der Waals surface area contributed by atoms with Gasteiger partial charge < -0.3 is 9.15 Å². The summed E-state index contributed by atoms with van der Waals surface area (Å²) in [4.78, 5) is 12.1. The van der Waals surface area contributed by atoms with E-state index in [9.17, 15) is 9.18 Å². The maximum Gasteiger partial charge on any atom is 0.343 e. The van der Waals surface area contributed by atoms with Gasteiger partial charge in [0, 0.05) is 5.56 Å². The molecule has 2 aromatic carbocycles. The van der Waals surface area contributed by atoms with Gasteiger partial charge in [-0.1, -0.05) is 35.4 Å². The molecule has 0 radical (unpaired) electrons. The summed E-state index contributed by atoms with van der Waals surface area (Å²) in [5, 5.41) is 7.81. The van der Waals surface area contributed by atoms with Crippen LogP contribution in [0.2, 0.25) is 5.02 Å². The summed E-state index contributed by atoms with van der Waals surface area (Å²) in [6, 6.07) is 11.5. The standard InChI is InChI=1S/C18H14ClFN2O3/c1-10-6-8-12(9-7-10)17-22-21-16(25-17)11(2)24-18(23)15-13(19)4-3-5-14(15)20/h3-9,11H,1-2H3/t11-/m0/s1. The predicted molar refractivity (Wildman–Crippen MR) is 89.7 cm³/mol. The Hall–Kier alpha value is -2.73. The van der Waals surface area contributed by atoms with Crippen molar-refractivity contribution in [2.24, 2.45) is 0 Å². The molecule has 0 aliphatic heterocycles. The number of hydrogen-bond acceptors (Lipinski definition) is 5. The minimum atomic E-state index is -0.898. The van der Waals surface area contributed by atoms with Crippen LogP contribution in [0, 0.1) is 12.7 Å². The Morgan fingerprint density at radius 3 is 2.60 bits per heavy atom. The lowest BCUT2D eigenvalue weighted by atomic mass is 10.1. The fraction of sp³-hybridized carbons (Fsp3) is 0.167. The number of nitrogens with zero attached hydrogens (tertiary/aromatic N) is 2. The van der Waals surface area contributed by atoms with Crippen LogP contribution < -0.4 is 0 Å². The second-order valence-electron chi connectivity index (χ2n) is 5.46. The molecular weight excluding hydrogens is 347 g/mol.